The van der Waals surface area contributed by atoms with Gasteiger partial charge in [0.05, 0.1) is 37.0 Å². The molecule has 2 aromatic rings. The first-order valence-corrected chi connectivity index (χ1v) is 9.26. The zero-order valence-electron chi connectivity index (χ0n) is 16.3. The number of nitrogens with zero attached hydrogens (tertiary/aromatic N) is 1. The summed E-state index contributed by atoms with van der Waals surface area (Å²) in [6, 6.07) is 5.26. The lowest BCUT2D eigenvalue weighted by Crippen LogP contribution is -2.38. The zero-order valence-corrected chi connectivity index (χ0v) is 16.3. The molecule has 0 fully saturated rings. The van der Waals surface area contributed by atoms with Gasteiger partial charge < -0.3 is 19.5 Å². The Kier molecular flexibility index (Phi) is 4.65. The Morgan fingerprint density at radius 3 is 2.69 bits per heavy atom. The molecule has 2 aliphatic rings. The number of cyclic esters (lactones) is 1. The average molecular weight is 399 g/mol. The predicted octanol–water partition coefficient (Wildman–Crippen LogP) is 1.33. The van der Waals surface area contributed by atoms with Crippen molar-refractivity contribution in [3.63, 3.8) is 0 Å². The van der Waals surface area contributed by atoms with Gasteiger partial charge in [-0.05, 0) is 12.5 Å². The van der Waals surface area contributed by atoms with Crippen molar-refractivity contribution >= 4 is 11.8 Å². The number of carbonyl (C=O) groups excluding carboxylic acids is 1. The molecule has 0 saturated carbocycles. The molecule has 1 aromatic carbocycles. The second-order valence-electron chi connectivity index (χ2n) is 6.78. The number of carbonyl (C=O) groups is 1. The van der Waals surface area contributed by atoms with E-state index in [1.807, 2.05) is 6.92 Å². The second-order valence-corrected chi connectivity index (χ2v) is 6.78. The minimum absolute atomic E-state index is 0.0451. The molecular weight excluding hydrogens is 378 g/mol. The second kappa shape index (κ2) is 7.16. The number of anilines is 1. The van der Waals surface area contributed by atoms with Gasteiger partial charge in [-0.25, -0.2) is 9.59 Å². The quantitative estimate of drug-likeness (QED) is 0.730. The van der Waals surface area contributed by atoms with Crippen molar-refractivity contribution in [2.45, 2.75) is 25.8 Å². The van der Waals surface area contributed by atoms with E-state index in [-0.39, 0.29) is 12.2 Å². The maximum atomic E-state index is 12.9. The summed E-state index contributed by atoms with van der Waals surface area (Å²) in [5.74, 6) is -0.0362. The van der Waals surface area contributed by atoms with Crippen molar-refractivity contribution in [1.29, 1.82) is 0 Å². The molecule has 2 aliphatic heterocycles. The number of H-pyrrole nitrogens is 1. The van der Waals surface area contributed by atoms with Gasteiger partial charge in [0, 0.05) is 12.1 Å². The maximum Gasteiger partial charge on any atom is 0.337 e. The van der Waals surface area contributed by atoms with Crippen LogP contribution in [-0.2, 0) is 16.1 Å². The summed E-state index contributed by atoms with van der Waals surface area (Å²) in [4.78, 5) is 40.3. The highest BCUT2D eigenvalue weighted by Gasteiger charge is 2.42. The standard InChI is InChI=1S/C20H21N3O6/c1-4-8-23-17-15(18(24)22-20(23)26)13(14-11(21-17)9-29-19(14)25)10-6-5-7-12(27-2)16(10)28-3/h5-7,13,21H,4,8-9H2,1-3H3,(H,22,24,26)/t13-/m1/s1. The molecule has 4 rings (SSSR count). The number of hydrogen-bond acceptors (Lipinski definition) is 7. The maximum absolute atomic E-state index is 12.9. The summed E-state index contributed by atoms with van der Waals surface area (Å²) in [5, 5.41) is 3.09. The van der Waals surface area contributed by atoms with Crippen LogP contribution in [0.1, 0.15) is 30.4 Å². The van der Waals surface area contributed by atoms with Crippen LogP contribution in [0, 0.1) is 0 Å². The Bertz CT molecular complexity index is 1140. The van der Waals surface area contributed by atoms with E-state index < -0.39 is 23.1 Å². The summed E-state index contributed by atoms with van der Waals surface area (Å²) in [7, 11) is 3.01. The van der Waals surface area contributed by atoms with Crippen LogP contribution < -0.4 is 26.0 Å². The highest BCUT2D eigenvalue weighted by molar-refractivity contribution is 5.97. The van der Waals surface area contributed by atoms with Crippen molar-refractivity contribution in [3.8, 4) is 11.5 Å². The zero-order chi connectivity index (χ0) is 20.7. The largest absolute Gasteiger partial charge is 0.493 e. The molecule has 1 atom stereocenters. The normalized spacial score (nSPS) is 17.3. The van der Waals surface area contributed by atoms with Crippen LogP contribution in [0.5, 0.6) is 11.5 Å². The summed E-state index contributed by atoms with van der Waals surface area (Å²) in [6.07, 6.45) is 0.689. The van der Waals surface area contributed by atoms with Crippen LogP contribution in [0.15, 0.2) is 39.1 Å². The number of benzene rings is 1. The van der Waals surface area contributed by atoms with Crippen molar-refractivity contribution in [2.24, 2.45) is 0 Å². The number of fused-ring (bicyclic) bond motifs is 1. The van der Waals surface area contributed by atoms with E-state index in [2.05, 4.69) is 10.3 Å². The van der Waals surface area contributed by atoms with Gasteiger partial charge in [-0.15, -0.1) is 0 Å². The monoisotopic (exact) mass is 399 g/mol. The number of ether oxygens (including phenoxy) is 3. The van der Waals surface area contributed by atoms with Crippen molar-refractivity contribution in [3.05, 3.63) is 61.4 Å². The molecule has 9 nitrogen and oxygen atoms in total. The predicted molar refractivity (Wildman–Crippen MR) is 105 cm³/mol. The minimum atomic E-state index is -0.770. The topological polar surface area (TPSA) is 112 Å². The number of aromatic nitrogens is 2. The fourth-order valence-electron chi connectivity index (χ4n) is 3.98. The van der Waals surface area contributed by atoms with E-state index >= 15 is 0 Å². The van der Waals surface area contributed by atoms with Crippen LogP contribution >= 0.6 is 0 Å². The molecule has 0 spiro atoms. The molecule has 2 N–H and O–H groups in total. The summed E-state index contributed by atoms with van der Waals surface area (Å²) in [5.41, 5.74) is 0.638. The van der Waals surface area contributed by atoms with Crippen LogP contribution in [-0.4, -0.2) is 36.3 Å². The van der Waals surface area contributed by atoms with Gasteiger partial charge in [0.15, 0.2) is 11.5 Å². The summed E-state index contributed by atoms with van der Waals surface area (Å²) in [6.45, 7) is 2.38. The van der Waals surface area contributed by atoms with Crippen molar-refractivity contribution in [1.82, 2.24) is 9.55 Å². The van der Waals surface area contributed by atoms with Gasteiger partial charge >= 0.3 is 11.7 Å². The lowest BCUT2D eigenvalue weighted by atomic mass is 9.82. The van der Waals surface area contributed by atoms with Gasteiger partial charge in [-0.3, -0.25) is 14.3 Å². The number of esters is 1. The number of para-hydroxylation sites is 1. The number of rotatable bonds is 5. The number of hydrogen-bond donors (Lipinski definition) is 2. The van der Waals surface area contributed by atoms with Crippen molar-refractivity contribution < 1.29 is 19.0 Å². The van der Waals surface area contributed by atoms with E-state index in [9.17, 15) is 14.4 Å². The van der Waals surface area contributed by atoms with Crippen LogP contribution in [0.25, 0.3) is 0 Å². The van der Waals surface area contributed by atoms with E-state index in [1.54, 1.807) is 18.2 Å². The summed E-state index contributed by atoms with van der Waals surface area (Å²) >= 11 is 0. The van der Waals surface area contributed by atoms with Crippen LogP contribution in [0.4, 0.5) is 5.82 Å². The highest BCUT2D eigenvalue weighted by Crippen LogP contribution is 2.47. The smallest absolute Gasteiger partial charge is 0.337 e. The molecule has 29 heavy (non-hydrogen) atoms. The van der Waals surface area contributed by atoms with E-state index in [0.717, 1.165) is 0 Å². The fourth-order valence-corrected chi connectivity index (χ4v) is 3.98. The third-order valence-corrected chi connectivity index (χ3v) is 5.17. The van der Waals surface area contributed by atoms with E-state index in [0.29, 0.717) is 47.1 Å². The first kappa shape index (κ1) is 18.9. The Morgan fingerprint density at radius 2 is 2.00 bits per heavy atom. The molecular formula is C20H21N3O6. The molecule has 3 heterocycles. The fraction of sp³-hybridized carbons (Fsp3) is 0.350. The van der Waals surface area contributed by atoms with E-state index in [4.69, 9.17) is 14.2 Å². The molecule has 0 saturated heterocycles. The first-order valence-electron chi connectivity index (χ1n) is 9.26. The minimum Gasteiger partial charge on any atom is -0.493 e. The Hall–Kier alpha value is -3.49. The molecule has 0 unspecified atom stereocenters. The lowest BCUT2D eigenvalue weighted by Gasteiger charge is -2.29. The molecule has 0 radical (unpaired) electrons. The Labute approximate surface area is 165 Å². The third kappa shape index (κ3) is 2.81. The molecule has 9 heteroatoms. The van der Waals surface area contributed by atoms with E-state index in [1.165, 1.54) is 18.8 Å². The molecule has 152 valence electrons. The molecule has 0 amide bonds. The molecule has 1 aromatic heterocycles. The highest BCUT2D eigenvalue weighted by atomic mass is 16.5. The van der Waals surface area contributed by atoms with Gasteiger partial charge in [-0.1, -0.05) is 19.1 Å². The van der Waals surface area contributed by atoms with Gasteiger partial charge in [0.25, 0.3) is 5.56 Å². The van der Waals surface area contributed by atoms with Gasteiger partial charge in [0.1, 0.15) is 12.4 Å². The molecule has 0 bridgehead atoms. The third-order valence-electron chi connectivity index (χ3n) is 5.17. The Balaban J connectivity index is 2.07. The van der Waals surface area contributed by atoms with Gasteiger partial charge in [-0.2, -0.15) is 0 Å². The SMILES string of the molecule is CCCn1c2c(c(=O)[nH]c1=O)[C@H](c1cccc(OC)c1OC)C1=C(COC1=O)N2. The number of nitrogens with one attached hydrogen (secondary N) is 2. The van der Waals surface area contributed by atoms with Crippen LogP contribution in [0.3, 0.4) is 0 Å². The lowest BCUT2D eigenvalue weighted by molar-refractivity contribution is -0.136. The van der Waals surface area contributed by atoms with Crippen LogP contribution in [0.2, 0.25) is 0 Å². The first-order chi connectivity index (χ1) is 14.0. The number of aromatic amines is 1. The number of methoxy groups -OCH3 is 2. The van der Waals surface area contributed by atoms with Crippen molar-refractivity contribution in [2.75, 3.05) is 26.1 Å². The van der Waals surface area contributed by atoms with Gasteiger partial charge in [0.2, 0.25) is 0 Å². The Morgan fingerprint density at radius 1 is 1.21 bits per heavy atom. The average Bonchev–Trinajstić information content (AvgIpc) is 3.09. The molecule has 0 aliphatic carbocycles. The summed E-state index contributed by atoms with van der Waals surface area (Å²) < 4.78 is 17.7.